The Bertz CT molecular complexity index is 450. The fourth-order valence-electron chi connectivity index (χ4n) is 1.21. The van der Waals surface area contributed by atoms with Gasteiger partial charge in [0.25, 0.3) is 0 Å². The molecule has 0 aliphatic heterocycles. The predicted molar refractivity (Wildman–Crippen MR) is 57.1 cm³/mol. The topological polar surface area (TPSA) is 40.5 Å². The van der Waals surface area contributed by atoms with Gasteiger partial charge in [-0.2, -0.15) is 0 Å². The first kappa shape index (κ1) is 8.99. The number of aromatic hydroxyl groups is 1. The third-order valence-corrected chi connectivity index (χ3v) is 4.08. The summed E-state index contributed by atoms with van der Waals surface area (Å²) in [6.45, 7) is 0.00911. The van der Waals surface area contributed by atoms with E-state index in [-0.39, 0.29) is 6.61 Å². The minimum atomic E-state index is 0.00911. The van der Waals surface area contributed by atoms with Gasteiger partial charge in [-0.1, -0.05) is 6.07 Å². The van der Waals surface area contributed by atoms with Crippen molar-refractivity contribution in [2.24, 2.45) is 0 Å². The lowest BCUT2D eigenvalue weighted by Gasteiger charge is -2.00. The highest BCUT2D eigenvalue weighted by Gasteiger charge is 2.08. The summed E-state index contributed by atoms with van der Waals surface area (Å²) in [5, 5.41) is 20.9. The molecule has 0 bridgehead atoms. The molecule has 1 aromatic heterocycles. The van der Waals surface area contributed by atoms with Crippen molar-refractivity contribution >= 4 is 37.4 Å². The molecular weight excluding hydrogens is 252 g/mol. The summed E-state index contributed by atoms with van der Waals surface area (Å²) in [6.07, 6.45) is 0. The number of halogens is 1. The molecule has 2 rings (SSSR count). The van der Waals surface area contributed by atoms with Gasteiger partial charge >= 0.3 is 0 Å². The zero-order chi connectivity index (χ0) is 9.42. The second kappa shape index (κ2) is 3.29. The van der Waals surface area contributed by atoms with Crippen LogP contribution >= 0.6 is 27.3 Å². The first-order valence-electron chi connectivity index (χ1n) is 3.72. The van der Waals surface area contributed by atoms with Gasteiger partial charge in [-0.15, -0.1) is 11.3 Å². The molecule has 0 amide bonds. The average molecular weight is 259 g/mol. The van der Waals surface area contributed by atoms with Crippen LogP contribution in [0.5, 0.6) is 5.75 Å². The molecule has 0 fully saturated rings. The van der Waals surface area contributed by atoms with Gasteiger partial charge in [0.15, 0.2) is 0 Å². The molecule has 0 atom stereocenters. The highest BCUT2D eigenvalue weighted by molar-refractivity contribution is 9.10. The minimum absolute atomic E-state index is 0.00911. The first-order chi connectivity index (χ1) is 6.24. The van der Waals surface area contributed by atoms with Gasteiger partial charge in [0, 0.05) is 15.2 Å². The van der Waals surface area contributed by atoms with Crippen molar-refractivity contribution in [3.05, 3.63) is 27.5 Å². The summed E-state index contributed by atoms with van der Waals surface area (Å²) in [5.74, 6) is 0.296. The van der Waals surface area contributed by atoms with E-state index >= 15 is 0 Å². The fourth-order valence-corrected chi connectivity index (χ4v) is 2.86. The third-order valence-electron chi connectivity index (χ3n) is 1.91. The second-order valence-electron chi connectivity index (χ2n) is 2.69. The summed E-state index contributed by atoms with van der Waals surface area (Å²) in [5.41, 5.74) is 0.842. The maximum absolute atomic E-state index is 9.43. The summed E-state index contributed by atoms with van der Waals surface area (Å²) >= 11 is 4.86. The van der Waals surface area contributed by atoms with Crippen molar-refractivity contribution < 1.29 is 10.2 Å². The van der Waals surface area contributed by atoms with Crippen LogP contribution in [0, 0.1) is 0 Å². The molecular formula is C9H7BrO2S. The van der Waals surface area contributed by atoms with Gasteiger partial charge in [-0.25, -0.2) is 0 Å². The van der Waals surface area contributed by atoms with E-state index in [2.05, 4.69) is 15.9 Å². The number of fused-ring (bicyclic) bond motifs is 1. The second-order valence-corrected chi connectivity index (χ2v) is 4.37. The quantitative estimate of drug-likeness (QED) is 0.826. The summed E-state index contributed by atoms with van der Waals surface area (Å²) in [7, 11) is 0. The molecule has 0 aliphatic carbocycles. The van der Waals surface area contributed by atoms with Gasteiger partial charge in [0.2, 0.25) is 0 Å². The van der Waals surface area contributed by atoms with Crippen LogP contribution in [0.1, 0.15) is 5.56 Å². The Kier molecular flexibility index (Phi) is 2.27. The number of aliphatic hydroxyl groups is 1. The summed E-state index contributed by atoms with van der Waals surface area (Å²) in [6, 6.07) is 3.62. The Balaban J connectivity index is 2.80. The highest BCUT2D eigenvalue weighted by atomic mass is 79.9. The summed E-state index contributed by atoms with van der Waals surface area (Å²) in [4.78, 5) is 0. The van der Waals surface area contributed by atoms with Crippen molar-refractivity contribution in [3.8, 4) is 5.75 Å². The zero-order valence-electron chi connectivity index (χ0n) is 6.62. The largest absolute Gasteiger partial charge is 0.506 e. The van der Waals surface area contributed by atoms with Crippen LogP contribution in [0.15, 0.2) is 22.0 Å². The lowest BCUT2D eigenvalue weighted by atomic mass is 10.2. The van der Waals surface area contributed by atoms with Crippen LogP contribution in [0.3, 0.4) is 0 Å². The Labute approximate surface area is 87.6 Å². The molecule has 0 spiro atoms. The van der Waals surface area contributed by atoms with Crippen molar-refractivity contribution in [3.63, 3.8) is 0 Å². The minimum Gasteiger partial charge on any atom is -0.506 e. The Morgan fingerprint density at radius 3 is 2.85 bits per heavy atom. The molecule has 1 heterocycles. The number of hydrogen-bond donors (Lipinski definition) is 2. The lowest BCUT2D eigenvalue weighted by molar-refractivity contribution is 0.281. The number of hydrogen-bond acceptors (Lipinski definition) is 3. The Hall–Kier alpha value is -0.580. The number of rotatable bonds is 1. The molecule has 0 radical (unpaired) electrons. The molecule has 1 aromatic carbocycles. The molecule has 2 aromatic rings. The predicted octanol–water partition coefficient (Wildman–Crippen LogP) is 2.86. The zero-order valence-corrected chi connectivity index (χ0v) is 9.02. The smallest absolute Gasteiger partial charge is 0.134 e. The van der Waals surface area contributed by atoms with Crippen LogP contribution < -0.4 is 0 Å². The lowest BCUT2D eigenvalue weighted by Crippen LogP contribution is -1.83. The van der Waals surface area contributed by atoms with Crippen molar-refractivity contribution in [2.75, 3.05) is 0 Å². The molecule has 4 heteroatoms. The van der Waals surface area contributed by atoms with Crippen LogP contribution in [0.2, 0.25) is 0 Å². The van der Waals surface area contributed by atoms with E-state index in [9.17, 15) is 5.11 Å². The van der Waals surface area contributed by atoms with E-state index in [0.717, 1.165) is 20.1 Å². The van der Waals surface area contributed by atoms with E-state index in [1.807, 2.05) is 6.07 Å². The van der Waals surface area contributed by atoms with E-state index in [1.165, 1.54) is 11.3 Å². The van der Waals surface area contributed by atoms with E-state index in [4.69, 9.17) is 5.11 Å². The van der Waals surface area contributed by atoms with E-state index in [1.54, 1.807) is 11.4 Å². The molecule has 0 unspecified atom stereocenters. The van der Waals surface area contributed by atoms with Gasteiger partial charge in [0.1, 0.15) is 5.75 Å². The maximum atomic E-state index is 9.43. The molecule has 13 heavy (non-hydrogen) atoms. The Morgan fingerprint density at radius 1 is 1.38 bits per heavy atom. The average Bonchev–Trinajstić information content (AvgIpc) is 2.50. The number of thiophene rings is 1. The highest BCUT2D eigenvalue weighted by Crippen LogP contribution is 2.37. The first-order valence-corrected chi connectivity index (χ1v) is 5.39. The standard InChI is InChI=1S/C9H7BrO2S/c10-8-5(3-11)1-2-6-7(12)4-13-9(6)8/h1-2,4,11-12H,3H2. The molecule has 2 nitrogen and oxygen atoms in total. The third kappa shape index (κ3) is 1.35. The molecule has 0 aliphatic rings. The van der Waals surface area contributed by atoms with Gasteiger partial charge in [0.05, 0.1) is 11.3 Å². The fraction of sp³-hybridized carbons (Fsp3) is 0.111. The van der Waals surface area contributed by atoms with E-state index in [0.29, 0.717) is 5.75 Å². The van der Waals surface area contributed by atoms with Gasteiger partial charge < -0.3 is 10.2 Å². The SMILES string of the molecule is OCc1ccc2c(O)csc2c1Br. The molecule has 0 saturated carbocycles. The van der Waals surface area contributed by atoms with Crippen LogP contribution in [-0.2, 0) is 6.61 Å². The molecule has 68 valence electrons. The van der Waals surface area contributed by atoms with Crippen molar-refractivity contribution in [1.29, 1.82) is 0 Å². The van der Waals surface area contributed by atoms with Crippen molar-refractivity contribution in [2.45, 2.75) is 6.61 Å². The van der Waals surface area contributed by atoms with E-state index < -0.39 is 0 Å². The van der Waals surface area contributed by atoms with Crippen LogP contribution in [0.25, 0.3) is 10.1 Å². The normalized spacial score (nSPS) is 10.9. The Morgan fingerprint density at radius 2 is 2.15 bits per heavy atom. The van der Waals surface area contributed by atoms with Crippen LogP contribution in [0.4, 0.5) is 0 Å². The number of aliphatic hydroxyl groups excluding tert-OH is 1. The van der Waals surface area contributed by atoms with Crippen molar-refractivity contribution in [1.82, 2.24) is 0 Å². The monoisotopic (exact) mass is 258 g/mol. The van der Waals surface area contributed by atoms with Gasteiger partial charge in [-0.05, 0) is 27.6 Å². The maximum Gasteiger partial charge on any atom is 0.134 e. The molecule has 2 N–H and O–H groups in total. The molecule has 0 saturated heterocycles. The van der Waals surface area contributed by atoms with Gasteiger partial charge in [-0.3, -0.25) is 0 Å². The number of benzene rings is 1. The van der Waals surface area contributed by atoms with Crippen LogP contribution in [-0.4, -0.2) is 10.2 Å². The summed E-state index contributed by atoms with van der Waals surface area (Å²) < 4.78 is 1.85.